The monoisotopic (exact) mass is 352 g/mol. The molecule has 3 aromatic rings. The highest BCUT2D eigenvalue weighted by molar-refractivity contribution is 5.82. The Labute approximate surface area is 151 Å². The summed E-state index contributed by atoms with van der Waals surface area (Å²) in [5.41, 5.74) is 3.28. The van der Waals surface area contributed by atoms with E-state index in [1.54, 1.807) is 31.3 Å². The normalized spacial score (nSPS) is 12.7. The fourth-order valence-electron chi connectivity index (χ4n) is 2.75. The summed E-state index contributed by atoms with van der Waals surface area (Å²) in [6.45, 7) is 1.79. The van der Waals surface area contributed by atoms with Crippen molar-refractivity contribution in [3.8, 4) is 16.9 Å². The van der Waals surface area contributed by atoms with Crippen molar-refractivity contribution in [1.82, 2.24) is 9.97 Å². The van der Waals surface area contributed by atoms with E-state index in [1.807, 2.05) is 18.2 Å². The molecule has 2 N–H and O–H groups in total. The van der Waals surface area contributed by atoms with Crippen LogP contribution in [-0.4, -0.2) is 26.3 Å². The standard InChI is InChI=1S/C21H21FN2O2/c1-14(25)5-3-2-4-6-16-13-23-21-11-15(7-10-20(21)24-16)18-9-8-17(26)12-19(18)22/h4,6-14,25-26H,2-3,5H2,1H3. The molecule has 0 amide bonds. The molecule has 0 fully saturated rings. The number of nitrogens with zero attached hydrogens (tertiary/aromatic N) is 2. The third-order valence-corrected chi connectivity index (χ3v) is 4.11. The van der Waals surface area contributed by atoms with Gasteiger partial charge in [0, 0.05) is 11.6 Å². The zero-order valence-corrected chi connectivity index (χ0v) is 14.6. The molecule has 26 heavy (non-hydrogen) atoms. The smallest absolute Gasteiger partial charge is 0.134 e. The summed E-state index contributed by atoms with van der Waals surface area (Å²) in [7, 11) is 0. The molecule has 4 nitrogen and oxygen atoms in total. The Hall–Kier alpha value is -2.79. The lowest BCUT2D eigenvalue weighted by Gasteiger charge is -2.06. The van der Waals surface area contributed by atoms with Gasteiger partial charge in [-0.25, -0.2) is 9.37 Å². The summed E-state index contributed by atoms with van der Waals surface area (Å²) in [5, 5.41) is 18.6. The van der Waals surface area contributed by atoms with Gasteiger partial charge in [-0.05, 0) is 62.1 Å². The fourth-order valence-corrected chi connectivity index (χ4v) is 2.75. The number of aromatic hydroxyl groups is 1. The summed E-state index contributed by atoms with van der Waals surface area (Å²) in [5.74, 6) is -0.578. The zero-order chi connectivity index (χ0) is 18.5. The van der Waals surface area contributed by atoms with Gasteiger partial charge in [0.2, 0.25) is 0 Å². The van der Waals surface area contributed by atoms with Crippen LogP contribution in [0.3, 0.4) is 0 Å². The lowest BCUT2D eigenvalue weighted by molar-refractivity contribution is 0.182. The number of fused-ring (bicyclic) bond motifs is 1. The van der Waals surface area contributed by atoms with Crippen molar-refractivity contribution in [2.75, 3.05) is 0 Å². The maximum atomic E-state index is 14.0. The maximum absolute atomic E-state index is 14.0. The number of aliphatic hydroxyl groups is 1. The van der Waals surface area contributed by atoms with Crippen molar-refractivity contribution in [2.45, 2.75) is 32.3 Å². The number of halogens is 1. The highest BCUT2D eigenvalue weighted by atomic mass is 19.1. The van der Waals surface area contributed by atoms with E-state index in [4.69, 9.17) is 0 Å². The van der Waals surface area contributed by atoms with Crippen LogP contribution in [0.2, 0.25) is 0 Å². The number of rotatable bonds is 6. The Morgan fingerprint density at radius 2 is 2.00 bits per heavy atom. The van der Waals surface area contributed by atoms with Gasteiger partial charge < -0.3 is 10.2 Å². The Morgan fingerprint density at radius 3 is 2.77 bits per heavy atom. The topological polar surface area (TPSA) is 66.2 Å². The molecule has 0 aliphatic carbocycles. The number of aliphatic hydroxyl groups excluding tert-OH is 1. The average molecular weight is 352 g/mol. The first-order valence-corrected chi connectivity index (χ1v) is 8.63. The van der Waals surface area contributed by atoms with Crippen molar-refractivity contribution in [3.63, 3.8) is 0 Å². The first-order chi connectivity index (χ1) is 12.5. The Morgan fingerprint density at radius 1 is 1.15 bits per heavy atom. The summed E-state index contributed by atoms with van der Waals surface area (Å²) in [6, 6.07) is 9.49. The molecule has 0 saturated carbocycles. The van der Waals surface area contributed by atoms with Crippen LogP contribution in [0.4, 0.5) is 4.39 Å². The van der Waals surface area contributed by atoms with Crippen LogP contribution in [-0.2, 0) is 0 Å². The molecule has 1 atom stereocenters. The third kappa shape index (κ3) is 4.43. The molecule has 0 aliphatic rings. The molecule has 1 unspecified atom stereocenters. The summed E-state index contributed by atoms with van der Waals surface area (Å²) < 4.78 is 14.0. The highest BCUT2D eigenvalue weighted by Gasteiger charge is 2.08. The molecule has 0 saturated heterocycles. The van der Waals surface area contributed by atoms with E-state index in [0.717, 1.165) is 36.5 Å². The molecule has 3 rings (SSSR count). The Bertz CT molecular complexity index is 938. The number of hydrogen-bond acceptors (Lipinski definition) is 4. The number of allylic oxidation sites excluding steroid dienone is 1. The van der Waals surface area contributed by atoms with E-state index in [0.29, 0.717) is 16.6 Å². The van der Waals surface area contributed by atoms with Gasteiger partial charge in [-0.2, -0.15) is 0 Å². The summed E-state index contributed by atoms with van der Waals surface area (Å²) >= 11 is 0. The second kappa shape index (κ2) is 8.06. The van der Waals surface area contributed by atoms with E-state index in [2.05, 4.69) is 9.97 Å². The average Bonchev–Trinajstić information content (AvgIpc) is 2.61. The minimum atomic E-state index is -0.478. The molecule has 2 aromatic carbocycles. The van der Waals surface area contributed by atoms with Crippen LogP contribution in [0, 0.1) is 5.82 Å². The molecule has 134 valence electrons. The van der Waals surface area contributed by atoms with Gasteiger partial charge >= 0.3 is 0 Å². The molecule has 5 heteroatoms. The molecular formula is C21H21FN2O2. The number of aromatic nitrogens is 2. The predicted octanol–water partition coefficient (Wildman–Crippen LogP) is 4.71. The van der Waals surface area contributed by atoms with Crippen LogP contribution in [0.15, 0.2) is 48.7 Å². The Balaban J connectivity index is 1.78. The number of phenols is 1. The van der Waals surface area contributed by atoms with Gasteiger partial charge in [0.1, 0.15) is 11.6 Å². The number of unbranched alkanes of at least 4 members (excludes halogenated alkanes) is 1. The molecule has 0 radical (unpaired) electrons. The van der Waals surface area contributed by atoms with Gasteiger partial charge in [-0.15, -0.1) is 0 Å². The van der Waals surface area contributed by atoms with Gasteiger partial charge in [0.15, 0.2) is 0 Å². The second-order valence-electron chi connectivity index (χ2n) is 6.34. The van der Waals surface area contributed by atoms with Crippen molar-refractivity contribution < 1.29 is 14.6 Å². The molecule has 0 aliphatic heterocycles. The lowest BCUT2D eigenvalue weighted by atomic mass is 10.0. The van der Waals surface area contributed by atoms with Gasteiger partial charge in [-0.3, -0.25) is 4.98 Å². The molecule has 0 bridgehead atoms. The van der Waals surface area contributed by atoms with Crippen LogP contribution < -0.4 is 0 Å². The predicted molar refractivity (Wildman–Crippen MR) is 101 cm³/mol. The minimum absolute atomic E-state index is 0.100. The number of benzene rings is 2. The van der Waals surface area contributed by atoms with Crippen LogP contribution in [0.5, 0.6) is 5.75 Å². The van der Waals surface area contributed by atoms with Crippen molar-refractivity contribution >= 4 is 17.1 Å². The Kier molecular flexibility index (Phi) is 5.58. The summed E-state index contributed by atoms with van der Waals surface area (Å²) in [4.78, 5) is 8.96. The number of phenolic OH excluding ortho intramolecular Hbond substituents is 1. The van der Waals surface area contributed by atoms with Crippen molar-refractivity contribution in [1.29, 1.82) is 0 Å². The van der Waals surface area contributed by atoms with E-state index < -0.39 is 5.82 Å². The zero-order valence-electron chi connectivity index (χ0n) is 14.6. The van der Waals surface area contributed by atoms with E-state index in [1.165, 1.54) is 6.07 Å². The van der Waals surface area contributed by atoms with E-state index in [9.17, 15) is 14.6 Å². The van der Waals surface area contributed by atoms with E-state index >= 15 is 0 Å². The largest absolute Gasteiger partial charge is 0.508 e. The molecule has 1 heterocycles. The lowest BCUT2D eigenvalue weighted by Crippen LogP contribution is -1.97. The van der Waals surface area contributed by atoms with Gasteiger partial charge in [0.25, 0.3) is 0 Å². The van der Waals surface area contributed by atoms with Crippen LogP contribution in [0.1, 0.15) is 31.9 Å². The maximum Gasteiger partial charge on any atom is 0.134 e. The molecule has 1 aromatic heterocycles. The first kappa shape index (κ1) is 18.0. The van der Waals surface area contributed by atoms with Gasteiger partial charge in [0.05, 0.1) is 29.0 Å². The minimum Gasteiger partial charge on any atom is -0.508 e. The third-order valence-electron chi connectivity index (χ3n) is 4.11. The van der Waals surface area contributed by atoms with E-state index in [-0.39, 0.29) is 11.9 Å². The SMILES string of the molecule is CC(O)CCCC=Cc1cnc2cc(-c3ccc(O)cc3F)ccc2n1. The second-order valence-corrected chi connectivity index (χ2v) is 6.34. The van der Waals surface area contributed by atoms with Gasteiger partial charge in [-0.1, -0.05) is 12.1 Å². The van der Waals surface area contributed by atoms with Crippen molar-refractivity contribution in [2.24, 2.45) is 0 Å². The fraction of sp³-hybridized carbons (Fsp3) is 0.238. The molecular weight excluding hydrogens is 331 g/mol. The highest BCUT2D eigenvalue weighted by Crippen LogP contribution is 2.27. The summed E-state index contributed by atoms with van der Waals surface area (Å²) in [6.07, 6.45) is 7.95. The number of hydrogen-bond donors (Lipinski definition) is 2. The van der Waals surface area contributed by atoms with Crippen LogP contribution in [0.25, 0.3) is 28.2 Å². The van der Waals surface area contributed by atoms with Crippen LogP contribution >= 0.6 is 0 Å². The molecule has 0 spiro atoms. The van der Waals surface area contributed by atoms with Crippen molar-refractivity contribution in [3.05, 3.63) is 60.2 Å². The quantitative estimate of drug-likeness (QED) is 0.631. The first-order valence-electron chi connectivity index (χ1n) is 8.63.